The summed E-state index contributed by atoms with van der Waals surface area (Å²) in [5, 5.41) is 8.53. The molecule has 0 aliphatic carbocycles. The first kappa shape index (κ1) is 7.23. The van der Waals surface area contributed by atoms with Crippen molar-refractivity contribution in [3.05, 3.63) is 23.5 Å². The van der Waals surface area contributed by atoms with Crippen LogP contribution in [0.1, 0.15) is 11.3 Å². The monoisotopic (exact) mass is 152 g/mol. The molecule has 0 bridgehead atoms. The highest BCUT2D eigenvalue weighted by atomic mass is 32.1. The van der Waals surface area contributed by atoms with Crippen LogP contribution in [0.15, 0.2) is 12.3 Å². The summed E-state index contributed by atoms with van der Waals surface area (Å²) < 4.78 is 1.80. The number of aryl methyl sites for hydroxylation is 1. The Balaban J connectivity index is 3.07. The lowest BCUT2D eigenvalue weighted by molar-refractivity contribution is 0.905. The fourth-order valence-electron chi connectivity index (χ4n) is 0.831. The minimum atomic E-state index is 0.684. The normalized spacial score (nSPS) is 9.30. The van der Waals surface area contributed by atoms with Crippen LogP contribution in [0.5, 0.6) is 0 Å². The van der Waals surface area contributed by atoms with E-state index < -0.39 is 0 Å². The van der Waals surface area contributed by atoms with Gasteiger partial charge in [-0.05, 0) is 11.6 Å². The minimum absolute atomic E-state index is 0.684. The number of hydrogen-bond acceptors (Lipinski definition) is 2. The van der Waals surface area contributed by atoms with Gasteiger partial charge in [-0.3, -0.25) is 0 Å². The molecule has 10 heavy (non-hydrogen) atoms. The summed E-state index contributed by atoms with van der Waals surface area (Å²) in [6.07, 6.45) is 1.91. The van der Waals surface area contributed by atoms with Crippen LogP contribution in [-0.2, 0) is 12.8 Å². The lowest BCUT2D eigenvalue weighted by Gasteiger charge is -1.87. The van der Waals surface area contributed by atoms with E-state index >= 15 is 0 Å². The molecule has 2 nitrogen and oxygen atoms in total. The Hall–Kier alpha value is -0.880. The number of thiol groups is 1. The Morgan fingerprint density at radius 1 is 1.80 bits per heavy atom. The minimum Gasteiger partial charge on any atom is -0.342 e. The van der Waals surface area contributed by atoms with Crippen molar-refractivity contribution in [2.24, 2.45) is 7.05 Å². The number of hydrogen-bond donors (Lipinski definition) is 1. The van der Waals surface area contributed by atoms with Gasteiger partial charge in [0, 0.05) is 19.0 Å². The lowest BCUT2D eigenvalue weighted by Crippen LogP contribution is -1.86. The smallest absolute Gasteiger partial charge is 0.120 e. The highest BCUT2D eigenvalue weighted by Gasteiger charge is 1.98. The Morgan fingerprint density at radius 2 is 2.50 bits per heavy atom. The molecule has 0 N–H and O–H groups in total. The van der Waals surface area contributed by atoms with E-state index in [1.54, 1.807) is 4.57 Å². The fraction of sp³-hybridized carbons (Fsp3) is 0.286. The molecule has 0 aromatic carbocycles. The SMILES string of the molecule is Cn1cc(CS)cc1C#N. The second kappa shape index (κ2) is 2.80. The fourth-order valence-corrected chi connectivity index (χ4v) is 1.00. The number of nitrogens with zero attached hydrogens (tertiary/aromatic N) is 2. The van der Waals surface area contributed by atoms with E-state index in [4.69, 9.17) is 5.26 Å². The van der Waals surface area contributed by atoms with Crippen molar-refractivity contribution in [2.75, 3.05) is 0 Å². The molecule has 52 valence electrons. The topological polar surface area (TPSA) is 28.7 Å². The maximum Gasteiger partial charge on any atom is 0.120 e. The van der Waals surface area contributed by atoms with E-state index in [2.05, 4.69) is 18.7 Å². The molecule has 0 unspecified atom stereocenters. The van der Waals surface area contributed by atoms with E-state index in [0.29, 0.717) is 11.4 Å². The van der Waals surface area contributed by atoms with E-state index in [0.717, 1.165) is 5.56 Å². The summed E-state index contributed by atoms with van der Waals surface area (Å²) in [4.78, 5) is 0. The first-order valence-electron chi connectivity index (χ1n) is 2.94. The van der Waals surface area contributed by atoms with Crippen LogP contribution in [0.4, 0.5) is 0 Å². The largest absolute Gasteiger partial charge is 0.342 e. The highest BCUT2D eigenvalue weighted by molar-refractivity contribution is 7.79. The third-order valence-electron chi connectivity index (χ3n) is 1.36. The van der Waals surface area contributed by atoms with Crippen molar-refractivity contribution in [3.8, 4) is 6.07 Å². The molecule has 0 atom stereocenters. The molecule has 0 fully saturated rings. The highest BCUT2D eigenvalue weighted by Crippen LogP contribution is 2.07. The second-order valence-corrected chi connectivity index (χ2v) is 2.43. The summed E-state index contributed by atoms with van der Waals surface area (Å²) >= 11 is 4.09. The van der Waals surface area contributed by atoms with Crippen LogP contribution in [-0.4, -0.2) is 4.57 Å². The zero-order chi connectivity index (χ0) is 7.56. The van der Waals surface area contributed by atoms with E-state index in [1.165, 1.54) is 0 Å². The molecule has 0 amide bonds. The average Bonchev–Trinajstić information content (AvgIpc) is 2.30. The van der Waals surface area contributed by atoms with Crippen LogP contribution in [0.25, 0.3) is 0 Å². The summed E-state index contributed by atoms with van der Waals surface area (Å²) in [6, 6.07) is 3.92. The van der Waals surface area contributed by atoms with Gasteiger partial charge >= 0.3 is 0 Å². The Labute approximate surface area is 65.5 Å². The van der Waals surface area contributed by atoms with Gasteiger partial charge in [0.25, 0.3) is 0 Å². The van der Waals surface area contributed by atoms with Crippen LogP contribution in [0.3, 0.4) is 0 Å². The number of rotatable bonds is 1. The van der Waals surface area contributed by atoms with Gasteiger partial charge in [0.15, 0.2) is 0 Å². The third kappa shape index (κ3) is 1.17. The zero-order valence-electron chi connectivity index (χ0n) is 5.70. The third-order valence-corrected chi connectivity index (χ3v) is 1.72. The molecule has 0 aliphatic heterocycles. The molecule has 0 saturated heterocycles. The Kier molecular flexibility index (Phi) is 2.03. The molecular formula is C7H8N2S. The first-order valence-corrected chi connectivity index (χ1v) is 3.57. The number of aromatic nitrogens is 1. The molecule has 0 spiro atoms. The van der Waals surface area contributed by atoms with Crippen LogP contribution < -0.4 is 0 Å². The summed E-state index contributed by atoms with van der Waals surface area (Å²) in [5.74, 6) is 0.690. The average molecular weight is 152 g/mol. The Morgan fingerprint density at radius 3 is 2.80 bits per heavy atom. The van der Waals surface area contributed by atoms with Crippen molar-refractivity contribution in [2.45, 2.75) is 5.75 Å². The molecule has 1 heterocycles. The van der Waals surface area contributed by atoms with Gasteiger partial charge in [0.2, 0.25) is 0 Å². The lowest BCUT2D eigenvalue weighted by atomic mass is 10.3. The summed E-state index contributed by atoms with van der Waals surface area (Å²) in [6.45, 7) is 0. The van der Waals surface area contributed by atoms with Crippen LogP contribution in [0.2, 0.25) is 0 Å². The molecule has 3 heteroatoms. The predicted octanol–water partition coefficient (Wildman–Crippen LogP) is 1.33. The van der Waals surface area contributed by atoms with E-state index in [9.17, 15) is 0 Å². The van der Waals surface area contributed by atoms with Crippen molar-refractivity contribution < 1.29 is 0 Å². The maximum absolute atomic E-state index is 8.53. The number of nitriles is 1. The zero-order valence-corrected chi connectivity index (χ0v) is 6.60. The van der Waals surface area contributed by atoms with E-state index in [-0.39, 0.29) is 0 Å². The molecular weight excluding hydrogens is 144 g/mol. The molecule has 0 aliphatic rings. The van der Waals surface area contributed by atoms with Crippen molar-refractivity contribution >= 4 is 12.6 Å². The van der Waals surface area contributed by atoms with Gasteiger partial charge in [0.1, 0.15) is 11.8 Å². The molecule has 0 saturated carbocycles. The van der Waals surface area contributed by atoms with Gasteiger partial charge in [-0.25, -0.2) is 0 Å². The maximum atomic E-state index is 8.53. The van der Waals surface area contributed by atoms with Crippen LogP contribution >= 0.6 is 12.6 Å². The van der Waals surface area contributed by atoms with Crippen molar-refractivity contribution in [3.63, 3.8) is 0 Å². The van der Waals surface area contributed by atoms with Crippen LogP contribution in [0, 0.1) is 11.3 Å². The molecule has 1 rings (SSSR count). The van der Waals surface area contributed by atoms with E-state index in [1.807, 2.05) is 19.3 Å². The van der Waals surface area contributed by atoms with Gasteiger partial charge in [-0.2, -0.15) is 17.9 Å². The predicted molar refractivity (Wildman–Crippen MR) is 42.8 cm³/mol. The van der Waals surface area contributed by atoms with Gasteiger partial charge in [-0.15, -0.1) is 0 Å². The van der Waals surface area contributed by atoms with Gasteiger partial charge < -0.3 is 4.57 Å². The summed E-state index contributed by atoms with van der Waals surface area (Å²) in [7, 11) is 1.85. The molecule has 1 aromatic rings. The van der Waals surface area contributed by atoms with Gasteiger partial charge in [0.05, 0.1) is 0 Å². The second-order valence-electron chi connectivity index (χ2n) is 2.11. The van der Waals surface area contributed by atoms with Crippen molar-refractivity contribution in [1.82, 2.24) is 4.57 Å². The van der Waals surface area contributed by atoms with Crippen molar-refractivity contribution in [1.29, 1.82) is 5.26 Å². The molecule has 1 aromatic heterocycles. The Bertz CT molecular complexity index is 270. The quantitative estimate of drug-likeness (QED) is 0.604. The van der Waals surface area contributed by atoms with Gasteiger partial charge in [-0.1, -0.05) is 0 Å². The molecule has 0 radical (unpaired) electrons. The standard InChI is InChI=1S/C7H8N2S/c1-9-4-6(5-10)2-7(9)3-8/h2,4,10H,5H2,1H3. The summed E-state index contributed by atoms with van der Waals surface area (Å²) in [5.41, 5.74) is 1.77. The first-order chi connectivity index (χ1) is 4.77.